The molecule has 0 aromatic heterocycles. The van der Waals surface area contributed by atoms with E-state index >= 15 is 0 Å². The molecule has 1 N–H and O–H groups in total. The van der Waals surface area contributed by atoms with Crippen molar-refractivity contribution in [3.8, 4) is 0 Å². The summed E-state index contributed by atoms with van der Waals surface area (Å²) in [5, 5.41) is 12.7. The van der Waals surface area contributed by atoms with E-state index in [9.17, 15) is 9.90 Å². The van der Waals surface area contributed by atoms with Crippen molar-refractivity contribution in [3.05, 3.63) is 89.5 Å². The molecule has 0 atom stereocenters. The molecule has 0 saturated heterocycles. The zero-order chi connectivity index (χ0) is 19.8. The second-order valence-corrected chi connectivity index (χ2v) is 6.28. The molecular weight excluding hydrogens is 350 g/mol. The van der Waals surface area contributed by atoms with E-state index in [0.717, 1.165) is 17.2 Å². The van der Waals surface area contributed by atoms with Crippen LogP contribution < -0.4 is 0 Å². The molecule has 3 rings (SSSR count). The predicted octanol–water partition coefficient (Wildman–Crippen LogP) is 4.99. The SMILES string of the molecule is CCOC(=O)/C(C=NCCc1ccccc1)=C(/O)c1cccc2ccccc12. The molecule has 3 aromatic rings. The molecule has 4 heteroatoms. The average molecular weight is 373 g/mol. The van der Waals surface area contributed by atoms with E-state index in [4.69, 9.17) is 4.74 Å². The van der Waals surface area contributed by atoms with Gasteiger partial charge in [0.1, 0.15) is 11.3 Å². The van der Waals surface area contributed by atoms with Gasteiger partial charge in [-0.05, 0) is 29.7 Å². The number of rotatable bonds is 7. The fraction of sp³-hybridized carbons (Fsp3) is 0.167. The van der Waals surface area contributed by atoms with Crippen LogP contribution in [0.5, 0.6) is 0 Å². The van der Waals surface area contributed by atoms with Crippen LogP contribution in [0.25, 0.3) is 16.5 Å². The number of aliphatic imine (C=N–C) groups is 1. The molecule has 0 amide bonds. The summed E-state index contributed by atoms with van der Waals surface area (Å²) in [4.78, 5) is 16.8. The van der Waals surface area contributed by atoms with Gasteiger partial charge in [0.15, 0.2) is 0 Å². The highest BCUT2D eigenvalue weighted by atomic mass is 16.5. The van der Waals surface area contributed by atoms with E-state index in [1.807, 2.05) is 66.7 Å². The van der Waals surface area contributed by atoms with Gasteiger partial charge in [0.2, 0.25) is 0 Å². The first kappa shape index (κ1) is 19.4. The van der Waals surface area contributed by atoms with Crippen molar-refractivity contribution in [2.24, 2.45) is 4.99 Å². The van der Waals surface area contributed by atoms with Gasteiger partial charge in [-0.2, -0.15) is 0 Å². The second kappa shape index (κ2) is 9.51. The molecule has 28 heavy (non-hydrogen) atoms. The Kier molecular flexibility index (Phi) is 6.58. The van der Waals surface area contributed by atoms with Crippen LogP contribution in [0, 0.1) is 0 Å². The summed E-state index contributed by atoms with van der Waals surface area (Å²) in [5.41, 5.74) is 1.81. The van der Waals surface area contributed by atoms with Gasteiger partial charge in [-0.25, -0.2) is 4.79 Å². The van der Waals surface area contributed by atoms with E-state index in [2.05, 4.69) is 4.99 Å². The largest absolute Gasteiger partial charge is 0.506 e. The maximum absolute atomic E-state index is 12.4. The van der Waals surface area contributed by atoms with E-state index < -0.39 is 5.97 Å². The van der Waals surface area contributed by atoms with Crippen LogP contribution in [0.4, 0.5) is 0 Å². The third-order valence-electron chi connectivity index (χ3n) is 4.39. The minimum atomic E-state index is -0.587. The van der Waals surface area contributed by atoms with Gasteiger partial charge in [-0.1, -0.05) is 72.8 Å². The number of carbonyl (C=O) groups excluding carboxylic acids is 1. The summed E-state index contributed by atoms with van der Waals surface area (Å²) < 4.78 is 5.13. The monoisotopic (exact) mass is 373 g/mol. The zero-order valence-corrected chi connectivity index (χ0v) is 15.8. The molecule has 0 aliphatic heterocycles. The number of hydrogen-bond donors (Lipinski definition) is 1. The molecule has 0 aliphatic carbocycles. The van der Waals surface area contributed by atoms with E-state index in [0.29, 0.717) is 12.1 Å². The minimum absolute atomic E-state index is 0.0614. The van der Waals surface area contributed by atoms with Gasteiger partial charge >= 0.3 is 5.97 Å². The van der Waals surface area contributed by atoms with Crippen LogP contribution in [-0.2, 0) is 16.0 Å². The molecule has 142 valence electrons. The Morgan fingerprint density at radius 3 is 2.50 bits per heavy atom. The number of ether oxygens (including phenoxy) is 1. The van der Waals surface area contributed by atoms with Gasteiger partial charge in [0.05, 0.1) is 6.61 Å². The summed E-state index contributed by atoms with van der Waals surface area (Å²) in [6.07, 6.45) is 2.17. The lowest BCUT2D eigenvalue weighted by atomic mass is 10.0. The fourth-order valence-corrected chi connectivity index (χ4v) is 2.99. The number of carbonyl (C=O) groups is 1. The molecule has 3 aromatic carbocycles. The van der Waals surface area contributed by atoms with E-state index in [-0.39, 0.29) is 17.9 Å². The maximum atomic E-state index is 12.4. The maximum Gasteiger partial charge on any atom is 0.343 e. The first-order valence-corrected chi connectivity index (χ1v) is 9.33. The molecule has 0 heterocycles. The highest BCUT2D eigenvalue weighted by molar-refractivity contribution is 6.16. The van der Waals surface area contributed by atoms with Gasteiger partial charge in [-0.3, -0.25) is 4.99 Å². The number of benzene rings is 3. The van der Waals surface area contributed by atoms with E-state index in [1.165, 1.54) is 11.8 Å². The van der Waals surface area contributed by atoms with Crippen LogP contribution >= 0.6 is 0 Å². The van der Waals surface area contributed by atoms with Crippen LogP contribution in [0.2, 0.25) is 0 Å². The molecule has 0 radical (unpaired) electrons. The summed E-state index contributed by atoms with van der Waals surface area (Å²) in [6.45, 7) is 2.47. The highest BCUT2D eigenvalue weighted by Gasteiger charge is 2.17. The van der Waals surface area contributed by atoms with Crippen molar-refractivity contribution >= 4 is 28.7 Å². The van der Waals surface area contributed by atoms with Crippen LogP contribution in [-0.4, -0.2) is 30.4 Å². The number of aliphatic hydroxyl groups is 1. The molecule has 0 saturated carbocycles. The number of hydrogen-bond acceptors (Lipinski definition) is 4. The summed E-state index contributed by atoms with van der Waals surface area (Å²) >= 11 is 0. The Hall–Kier alpha value is -3.40. The third kappa shape index (κ3) is 4.65. The Morgan fingerprint density at radius 1 is 1.00 bits per heavy atom. The van der Waals surface area contributed by atoms with Crippen LogP contribution in [0.3, 0.4) is 0 Å². The number of esters is 1. The van der Waals surface area contributed by atoms with Crippen molar-refractivity contribution in [3.63, 3.8) is 0 Å². The molecule has 0 aliphatic rings. The molecule has 4 nitrogen and oxygen atoms in total. The Bertz CT molecular complexity index is 1000. The van der Waals surface area contributed by atoms with E-state index in [1.54, 1.807) is 13.0 Å². The zero-order valence-electron chi connectivity index (χ0n) is 15.8. The smallest absolute Gasteiger partial charge is 0.343 e. The Balaban J connectivity index is 1.91. The fourth-order valence-electron chi connectivity index (χ4n) is 2.99. The number of fused-ring (bicyclic) bond motifs is 1. The van der Waals surface area contributed by atoms with Gasteiger partial charge in [0.25, 0.3) is 0 Å². The average Bonchev–Trinajstić information content (AvgIpc) is 2.74. The highest BCUT2D eigenvalue weighted by Crippen LogP contribution is 2.25. The lowest BCUT2D eigenvalue weighted by Gasteiger charge is -2.09. The lowest BCUT2D eigenvalue weighted by molar-refractivity contribution is -0.137. The lowest BCUT2D eigenvalue weighted by Crippen LogP contribution is -2.12. The molecule has 0 spiro atoms. The minimum Gasteiger partial charge on any atom is -0.506 e. The van der Waals surface area contributed by atoms with Gasteiger partial charge in [-0.15, -0.1) is 0 Å². The van der Waals surface area contributed by atoms with Crippen molar-refractivity contribution in [2.75, 3.05) is 13.2 Å². The molecule has 0 fully saturated rings. The summed E-state index contributed by atoms with van der Waals surface area (Å²) in [7, 11) is 0. The quantitative estimate of drug-likeness (QED) is 0.275. The number of aliphatic hydroxyl groups excluding tert-OH is 1. The molecular formula is C24H23NO3. The first-order chi connectivity index (χ1) is 13.7. The molecule has 0 unspecified atom stereocenters. The van der Waals surface area contributed by atoms with Gasteiger partial charge in [0, 0.05) is 18.3 Å². The van der Waals surface area contributed by atoms with Crippen molar-refractivity contribution < 1.29 is 14.6 Å². The summed E-state index contributed by atoms with van der Waals surface area (Å²) in [6, 6.07) is 23.3. The Labute approximate surface area is 164 Å². The first-order valence-electron chi connectivity index (χ1n) is 9.33. The van der Waals surface area contributed by atoms with Crippen molar-refractivity contribution in [1.29, 1.82) is 0 Å². The van der Waals surface area contributed by atoms with Crippen LogP contribution in [0.15, 0.2) is 83.4 Å². The van der Waals surface area contributed by atoms with Crippen molar-refractivity contribution in [2.45, 2.75) is 13.3 Å². The topological polar surface area (TPSA) is 58.9 Å². The molecule has 0 bridgehead atoms. The third-order valence-corrected chi connectivity index (χ3v) is 4.39. The Morgan fingerprint density at radius 2 is 1.71 bits per heavy atom. The standard InChI is InChI=1S/C24H23NO3/c1-2-28-24(27)22(17-25-16-15-18-9-4-3-5-10-18)23(26)21-14-8-12-19-11-6-7-13-20(19)21/h3-14,17,26H,2,15-16H2,1H3/b23-22+,25-17?. The number of nitrogens with zero attached hydrogens (tertiary/aromatic N) is 1. The normalized spacial score (nSPS) is 12.2. The second-order valence-electron chi connectivity index (χ2n) is 6.28. The van der Waals surface area contributed by atoms with Crippen molar-refractivity contribution in [1.82, 2.24) is 0 Å². The summed E-state index contributed by atoms with van der Waals surface area (Å²) in [5.74, 6) is -0.713. The van der Waals surface area contributed by atoms with Crippen LogP contribution in [0.1, 0.15) is 18.1 Å². The van der Waals surface area contributed by atoms with Gasteiger partial charge < -0.3 is 9.84 Å². The predicted molar refractivity (Wildman–Crippen MR) is 114 cm³/mol.